The molecule has 2 heterocycles. The summed E-state index contributed by atoms with van der Waals surface area (Å²) >= 11 is 0. The second-order valence-corrected chi connectivity index (χ2v) is 8.69. The number of ether oxygens (including phenoxy) is 1. The van der Waals surface area contributed by atoms with Crippen LogP contribution < -0.4 is 4.72 Å². The number of nitrogens with zero attached hydrogens (tertiary/aromatic N) is 3. The fraction of sp³-hybridized carbons (Fsp3) is 0.300. The lowest BCUT2D eigenvalue weighted by molar-refractivity contribution is 0.0600. The number of esters is 1. The number of pyridine rings is 1. The van der Waals surface area contributed by atoms with Crippen molar-refractivity contribution in [1.82, 2.24) is 19.8 Å². The first-order valence-electron chi connectivity index (χ1n) is 9.18. The van der Waals surface area contributed by atoms with Gasteiger partial charge in [-0.3, -0.25) is 4.98 Å². The van der Waals surface area contributed by atoms with E-state index in [1.807, 2.05) is 13.8 Å². The summed E-state index contributed by atoms with van der Waals surface area (Å²) in [7, 11) is -2.76. The number of benzene rings is 1. The van der Waals surface area contributed by atoms with Gasteiger partial charge < -0.3 is 9.26 Å². The van der Waals surface area contributed by atoms with Crippen molar-refractivity contribution in [2.45, 2.75) is 31.7 Å². The molecule has 0 spiro atoms. The third-order valence-corrected chi connectivity index (χ3v) is 6.08. The van der Waals surface area contributed by atoms with Gasteiger partial charge in [-0.15, -0.1) is 0 Å². The number of carbonyl (C=O) groups excluding carboxylic acids is 1. The zero-order valence-corrected chi connectivity index (χ0v) is 17.8. The van der Waals surface area contributed by atoms with Crippen LogP contribution in [0.2, 0.25) is 0 Å². The Labute approximate surface area is 174 Å². The molecule has 158 valence electrons. The van der Waals surface area contributed by atoms with Gasteiger partial charge >= 0.3 is 5.97 Å². The minimum absolute atomic E-state index is 0.0232. The molecule has 30 heavy (non-hydrogen) atoms. The number of methoxy groups -OCH3 is 1. The zero-order chi connectivity index (χ0) is 21.9. The number of hydrogen-bond acceptors (Lipinski definition) is 8. The van der Waals surface area contributed by atoms with Crippen molar-refractivity contribution in [1.29, 1.82) is 0 Å². The van der Waals surface area contributed by atoms with Gasteiger partial charge in [-0.1, -0.05) is 25.1 Å². The second-order valence-electron chi connectivity index (χ2n) is 7.01. The van der Waals surface area contributed by atoms with Crippen LogP contribution in [-0.2, 0) is 14.8 Å². The predicted molar refractivity (Wildman–Crippen MR) is 108 cm³/mol. The van der Waals surface area contributed by atoms with E-state index in [0.29, 0.717) is 17.0 Å². The molecule has 0 amide bonds. The Kier molecular flexibility index (Phi) is 6.28. The van der Waals surface area contributed by atoms with Crippen LogP contribution in [0.1, 0.15) is 41.7 Å². The number of sulfonamides is 1. The van der Waals surface area contributed by atoms with Crippen molar-refractivity contribution in [3.63, 3.8) is 0 Å². The van der Waals surface area contributed by atoms with E-state index in [-0.39, 0.29) is 22.3 Å². The number of hydrogen-bond donors (Lipinski definition) is 1. The molecule has 0 saturated carbocycles. The Morgan fingerprint density at radius 2 is 1.87 bits per heavy atom. The quantitative estimate of drug-likeness (QED) is 0.567. The Hall–Kier alpha value is -3.11. The van der Waals surface area contributed by atoms with E-state index in [9.17, 15) is 13.2 Å². The maximum absolute atomic E-state index is 13.1. The predicted octanol–water partition coefficient (Wildman–Crippen LogP) is 2.90. The molecule has 2 aromatic heterocycles. The summed E-state index contributed by atoms with van der Waals surface area (Å²) in [5.41, 5.74) is 1.33. The van der Waals surface area contributed by atoms with Gasteiger partial charge in [0.2, 0.25) is 21.7 Å². The summed E-state index contributed by atoms with van der Waals surface area (Å²) in [4.78, 5) is 20.1. The van der Waals surface area contributed by atoms with Crippen molar-refractivity contribution in [3.8, 4) is 11.4 Å². The zero-order valence-electron chi connectivity index (χ0n) is 17.0. The van der Waals surface area contributed by atoms with Crippen LogP contribution in [0.3, 0.4) is 0 Å². The molecule has 10 heteroatoms. The molecule has 1 unspecified atom stereocenters. The normalized spacial score (nSPS) is 12.7. The third kappa shape index (κ3) is 4.55. The maximum Gasteiger partial charge on any atom is 0.337 e. The van der Waals surface area contributed by atoms with E-state index < -0.39 is 22.0 Å². The Balaban J connectivity index is 1.94. The van der Waals surface area contributed by atoms with Crippen LogP contribution in [0, 0.1) is 12.8 Å². The maximum atomic E-state index is 13.1. The molecule has 0 fully saturated rings. The van der Waals surface area contributed by atoms with Crippen LogP contribution in [-0.4, -0.2) is 36.6 Å². The van der Waals surface area contributed by atoms with Crippen LogP contribution >= 0.6 is 0 Å². The van der Waals surface area contributed by atoms with E-state index in [1.165, 1.54) is 19.2 Å². The number of nitrogens with one attached hydrogen (secondary N) is 1. The standard InChI is InChI=1S/C20H22N4O5S/c1-12(2)17(19-22-18(23-29-19)14-7-9-21-10-8-14)24-30(26,27)16-11-15(20(25)28-4)6-5-13(16)3/h5-12,17,24H,1-4H3. The minimum Gasteiger partial charge on any atom is -0.465 e. The van der Waals surface area contributed by atoms with Gasteiger partial charge in [-0.05, 0) is 42.7 Å². The molecular formula is C20H22N4O5S. The third-order valence-electron chi connectivity index (χ3n) is 4.49. The van der Waals surface area contributed by atoms with Crippen molar-refractivity contribution in [2.75, 3.05) is 7.11 Å². The van der Waals surface area contributed by atoms with Crippen molar-refractivity contribution in [2.24, 2.45) is 5.92 Å². The van der Waals surface area contributed by atoms with Crippen LogP contribution in [0.25, 0.3) is 11.4 Å². The highest BCUT2D eigenvalue weighted by atomic mass is 32.2. The highest BCUT2D eigenvalue weighted by Gasteiger charge is 2.30. The van der Waals surface area contributed by atoms with Gasteiger partial charge in [-0.2, -0.15) is 9.71 Å². The molecule has 0 bridgehead atoms. The lowest BCUT2D eigenvalue weighted by Gasteiger charge is -2.19. The number of carbonyl (C=O) groups is 1. The Morgan fingerprint density at radius 1 is 1.17 bits per heavy atom. The molecule has 0 radical (unpaired) electrons. The summed E-state index contributed by atoms with van der Waals surface area (Å²) in [6, 6.07) is 7.05. The summed E-state index contributed by atoms with van der Waals surface area (Å²) in [5, 5.41) is 3.95. The first-order valence-corrected chi connectivity index (χ1v) is 10.7. The first-order chi connectivity index (χ1) is 14.2. The molecule has 1 N–H and O–H groups in total. The summed E-state index contributed by atoms with van der Waals surface area (Å²) in [6.45, 7) is 5.32. The molecule has 0 saturated heterocycles. The van der Waals surface area contributed by atoms with Crippen molar-refractivity contribution in [3.05, 3.63) is 59.7 Å². The van der Waals surface area contributed by atoms with Crippen molar-refractivity contribution < 1.29 is 22.5 Å². The van der Waals surface area contributed by atoms with Gasteiger partial charge in [-0.25, -0.2) is 13.2 Å². The fourth-order valence-corrected chi connectivity index (χ4v) is 4.42. The molecule has 3 rings (SSSR count). The van der Waals surface area contributed by atoms with E-state index in [4.69, 9.17) is 4.52 Å². The molecule has 9 nitrogen and oxygen atoms in total. The number of aromatic nitrogens is 3. The molecule has 3 aromatic rings. The molecule has 1 aromatic carbocycles. The highest BCUT2D eigenvalue weighted by molar-refractivity contribution is 7.89. The van der Waals surface area contributed by atoms with Gasteiger partial charge in [0.1, 0.15) is 6.04 Å². The van der Waals surface area contributed by atoms with Gasteiger partial charge in [0.25, 0.3) is 0 Å². The smallest absolute Gasteiger partial charge is 0.337 e. The largest absolute Gasteiger partial charge is 0.465 e. The highest BCUT2D eigenvalue weighted by Crippen LogP contribution is 2.27. The van der Waals surface area contributed by atoms with Gasteiger partial charge in [0, 0.05) is 18.0 Å². The Bertz CT molecular complexity index is 1140. The van der Waals surface area contributed by atoms with Crippen LogP contribution in [0.5, 0.6) is 0 Å². The topological polar surface area (TPSA) is 124 Å². The summed E-state index contributed by atoms with van der Waals surface area (Å²) in [5.74, 6) is -0.330. The first kappa shape index (κ1) is 21.6. The molecule has 0 aliphatic carbocycles. The lowest BCUT2D eigenvalue weighted by atomic mass is 10.1. The summed E-state index contributed by atoms with van der Waals surface area (Å²) < 4.78 is 38.9. The van der Waals surface area contributed by atoms with Gasteiger partial charge in [0.05, 0.1) is 17.6 Å². The molecular weight excluding hydrogens is 408 g/mol. The van der Waals surface area contributed by atoms with E-state index >= 15 is 0 Å². The van der Waals surface area contributed by atoms with Gasteiger partial charge in [0.15, 0.2) is 0 Å². The molecule has 0 aliphatic rings. The molecule has 0 aliphatic heterocycles. The molecule has 1 atom stereocenters. The monoisotopic (exact) mass is 430 g/mol. The van der Waals surface area contributed by atoms with E-state index in [2.05, 4.69) is 24.6 Å². The lowest BCUT2D eigenvalue weighted by Crippen LogP contribution is -2.32. The number of aryl methyl sites for hydroxylation is 1. The average molecular weight is 430 g/mol. The Morgan fingerprint density at radius 3 is 2.50 bits per heavy atom. The number of rotatable bonds is 7. The fourth-order valence-electron chi connectivity index (χ4n) is 2.82. The average Bonchev–Trinajstić information content (AvgIpc) is 3.22. The van der Waals surface area contributed by atoms with E-state index in [0.717, 1.165) is 0 Å². The minimum atomic E-state index is -4.00. The van der Waals surface area contributed by atoms with E-state index in [1.54, 1.807) is 37.5 Å². The van der Waals surface area contributed by atoms with Crippen LogP contribution in [0.15, 0.2) is 52.1 Å². The second kappa shape index (κ2) is 8.72. The summed E-state index contributed by atoms with van der Waals surface area (Å²) in [6.07, 6.45) is 3.20. The van der Waals surface area contributed by atoms with Crippen molar-refractivity contribution >= 4 is 16.0 Å². The SMILES string of the molecule is COC(=O)c1ccc(C)c(S(=O)(=O)NC(c2nc(-c3ccncc3)no2)C(C)C)c1. The van der Waals surface area contributed by atoms with Crippen LogP contribution in [0.4, 0.5) is 0 Å².